The van der Waals surface area contributed by atoms with E-state index in [9.17, 15) is 14.4 Å². The summed E-state index contributed by atoms with van der Waals surface area (Å²) in [5.74, 6) is -2.06. The van der Waals surface area contributed by atoms with Gasteiger partial charge in [-0.2, -0.15) is 0 Å². The Morgan fingerprint density at radius 3 is 2.06 bits per heavy atom. The zero-order chi connectivity index (χ0) is 13.6. The van der Waals surface area contributed by atoms with E-state index in [1.165, 1.54) is 13.8 Å². The number of carbonyl (C=O) groups excluding carboxylic acids is 2. The molecule has 3 N–H and O–H groups in total. The van der Waals surface area contributed by atoms with Crippen LogP contribution < -0.4 is 10.6 Å². The van der Waals surface area contributed by atoms with Gasteiger partial charge in [-0.25, -0.2) is 4.79 Å². The van der Waals surface area contributed by atoms with Crippen LogP contribution in [0.1, 0.15) is 34.1 Å². The van der Waals surface area contributed by atoms with E-state index in [0.717, 1.165) is 0 Å². The van der Waals surface area contributed by atoms with E-state index in [-0.39, 0.29) is 11.8 Å². The normalized spacial score (nSPS) is 15.5. The topological polar surface area (TPSA) is 95.5 Å². The highest BCUT2D eigenvalue weighted by Crippen LogP contribution is 2.08. The van der Waals surface area contributed by atoms with Crippen molar-refractivity contribution in [3.63, 3.8) is 0 Å². The van der Waals surface area contributed by atoms with Crippen molar-refractivity contribution < 1.29 is 19.5 Å². The van der Waals surface area contributed by atoms with Crippen molar-refractivity contribution in [2.75, 3.05) is 0 Å². The molecule has 0 aliphatic carbocycles. The van der Waals surface area contributed by atoms with Gasteiger partial charge < -0.3 is 15.7 Å². The first-order chi connectivity index (χ1) is 7.79. The summed E-state index contributed by atoms with van der Waals surface area (Å²) in [6.07, 6.45) is 0.645. The number of nitrogens with one attached hydrogen (secondary N) is 2. The zero-order valence-corrected chi connectivity index (χ0v) is 10.6. The first-order valence-electron chi connectivity index (χ1n) is 5.59. The molecule has 0 rings (SSSR count). The quantitative estimate of drug-likeness (QED) is 0.618. The minimum atomic E-state index is -1.07. The number of hydrogen-bond donors (Lipinski definition) is 3. The lowest BCUT2D eigenvalue weighted by Gasteiger charge is -2.22. The largest absolute Gasteiger partial charge is 0.480 e. The van der Waals surface area contributed by atoms with Gasteiger partial charge in [-0.15, -0.1) is 0 Å². The standard InChI is InChI=1S/C11H20N2O4/c1-5-6(2)9(11(16)17)13-10(15)7(3)12-8(4)14/h6-7,9H,5H2,1-4H3,(H,12,14)(H,13,15)(H,16,17)/t6?,7?,9-/m0/s1. The summed E-state index contributed by atoms with van der Waals surface area (Å²) >= 11 is 0. The predicted molar refractivity (Wildman–Crippen MR) is 62.3 cm³/mol. The minimum absolute atomic E-state index is 0.166. The highest BCUT2D eigenvalue weighted by atomic mass is 16.4. The van der Waals surface area contributed by atoms with Crippen LogP contribution in [0.4, 0.5) is 0 Å². The summed E-state index contributed by atoms with van der Waals surface area (Å²) in [4.78, 5) is 33.4. The second kappa shape index (κ2) is 6.88. The van der Waals surface area contributed by atoms with Gasteiger partial charge in [0.15, 0.2) is 0 Å². The summed E-state index contributed by atoms with van der Waals surface area (Å²) in [6.45, 7) is 6.41. The zero-order valence-electron chi connectivity index (χ0n) is 10.6. The number of carboxylic acid groups (broad SMARTS) is 1. The van der Waals surface area contributed by atoms with Crippen LogP contribution in [-0.2, 0) is 14.4 Å². The van der Waals surface area contributed by atoms with E-state index in [0.29, 0.717) is 6.42 Å². The average Bonchev–Trinajstić information content (AvgIpc) is 2.22. The van der Waals surface area contributed by atoms with Crippen LogP contribution in [0.15, 0.2) is 0 Å². The molecular formula is C11H20N2O4. The van der Waals surface area contributed by atoms with Gasteiger partial charge in [0.1, 0.15) is 12.1 Å². The maximum Gasteiger partial charge on any atom is 0.326 e. The molecule has 0 saturated carbocycles. The third-order valence-corrected chi connectivity index (χ3v) is 2.59. The molecule has 0 aromatic rings. The van der Waals surface area contributed by atoms with Gasteiger partial charge in [0.2, 0.25) is 11.8 Å². The molecule has 6 heteroatoms. The molecule has 0 aromatic carbocycles. The molecule has 0 heterocycles. The molecule has 0 aliphatic heterocycles. The fourth-order valence-electron chi connectivity index (χ4n) is 1.33. The van der Waals surface area contributed by atoms with Crippen molar-refractivity contribution >= 4 is 17.8 Å². The molecule has 2 unspecified atom stereocenters. The van der Waals surface area contributed by atoms with Crippen LogP contribution >= 0.6 is 0 Å². The van der Waals surface area contributed by atoms with Gasteiger partial charge in [-0.3, -0.25) is 9.59 Å². The monoisotopic (exact) mass is 244 g/mol. The van der Waals surface area contributed by atoms with Crippen LogP contribution in [0.2, 0.25) is 0 Å². The molecule has 2 amide bonds. The SMILES string of the molecule is CCC(C)[C@H](NC(=O)C(C)NC(C)=O)C(=O)O. The molecule has 0 fully saturated rings. The predicted octanol–water partition coefficient (Wildman–Crippen LogP) is 0.127. The van der Waals surface area contributed by atoms with Crippen LogP contribution in [0, 0.1) is 5.92 Å². The molecule has 0 aromatic heterocycles. The molecule has 3 atom stereocenters. The van der Waals surface area contributed by atoms with E-state index in [1.807, 2.05) is 6.92 Å². The summed E-state index contributed by atoms with van der Waals surface area (Å²) in [5.41, 5.74) is 0. The van der Waals surface area contributed by atoms with E-state index >= 15 is 0 Å². The summed E-state index contributed by atoms with van der Waals surface area (Å²) in [5, 5.41) is 13.8. The van der Waals surface area contributed by atoms with Crippen LogP contribution in [0.5, 0.6) is 0 Å². The highest BCUT2D eigenvalue weighted by Gasteiger charge is 2.27. The Bertz CT molecular complexity index is 304. The Balaban J connectivity index is 4.50. The van der Waals surface area contributed by atoms with Crippen molar-refractivity contribution in [1.29, 1.82) is 0 Å². The Hall–Kier alpha value is -1.59. The van der Waals surface area contributed by atoms with Crippen LogP contribution in [0.3, 0.4) is 0 Å². The first kappa shape index (κ1) is 15.4. The average molecular weight is 244 g/mol. The smallest absolute Gasteiger partial charge is 0.326 e. The minimum Gasteiger partial charge on any atom is -0.480 e. The van der Waals surface area contributed by atoms with Gasteiger partial charge in [0.25, 0.3) is 0 Å². The second-order valence-electron chi connectivity index (χ2n) is 4.13. The molecule has 0 spiro atoms. The van der Waals surface area contributed by atoms with Gasteiger partial charge in [-0.05, 0) is 12.8 Å². The Morgan fingerprint density at radius 1 is 1.18 bits per heavy atom. The summed E-state index contributed by atoms with van der Waals surface area (Å²) in [6, 6.07) is -1.66. The first-order valence-corrected chi connectivity index (χ1v) is 5.59. The molecule has 0 bridgehead atoms. The van der Waals surface area contributed by atoms with Gasteiger partial charge in [0.05, 0.1) is 0 Å². The fraction of sp³-hybridized carbons (Fsp3) is 0.727. The fourth-order valence-corrected chi connectivity index (χ4v) is 1.33. The Labute approximate surface area is 101 Å². The van der Waals surface area contributed by atoms with E-state index < -0.39 is 24.0 Å². The van der Waals surface area contributed by atoms with E-state index in [4.69, 9.17) is 5.11 Å². The van der Waals surface area contributed by atoms with Crippen molar-refractivity contribution in [2.45, 2.75) is 46.2 Å². The van der Waals surface area contributed by atoms with Crippen molar-refractivity contribution in [3.05, 3.63) is 0 Å². The third kappa shape index (κ3) is 5.33. The van der Waals surface area contributed by atoms with Gasteiger partial charge in [-0.1, -0.05) is 20.3 Å². The number of hydrogen-bond acceptors (Lipinski definition) is 3. The molecular weight excluding hydrogens is 224 g/mol. The van der Waals surface area contributed by atoms with Crippen LogP contribution in [-0.4, -0.2) is 35.0 Å². The number of carboxylic acids is 1. The second-order valence-corrected chi connectivity index (χ2v) is 4.13. The number of carbonyl (C=O) groups is 3. The molecule has 0 aliphatic rings. The lowest BCUT2D eigenvalue weighted by atomic mass is 9.99. The van der Waals surface area contributed by atoms with Gasteiger partial charge >= 0.3 is 5.97 Å². The van der Waals surface area contributed by atoms with Crippen molar-refractivity contribution in [1.82, 2.24) is 10.6 Å². The third-order valence-electron chi connectivity index (χ3n) is 2.59. The molecule has 98 valence electrons. The van der Waals surface area contributed by atoms with Crippen molar-refractivity contribution in [3.8, 4) is 0 Å². The number of aliphatic carboxylic acids is 1. The lowest BCUT2D eigenvalue weighted by Crippen LogP contribution is -2.52. The molecule has 0 saturated heterocycles. The molecule has 17 heavy (non-hydrogen) atoms. The number of rotatable bonds is 6. The maximum absolute atomic E-state index is 11.6. The Morgan fingerprint density at radius 2 is 1.71 bits per heavy atom. The number of amides is 2. The highest BCUT2D eigenvalue weighted by molar-refractivity contribution is 5.89. The van der Waals surface area contributed by atoms with Crippen molar-refractivity contribution in [2.24, 2.45) is 5.92 Å². The molecule has 6 nitrogen and oxygen atoms in total. The molecule has 0 radical (unpaired) electrons. The van der Waals surface area contributed by atoms with Crippen LogP contribution in [0.25, 0.3) is 0 Å². The van der Waals surface area contributed by atoms with Gasteiger partial charge in [0, 0.05) is 6.92 Å². The summed E-state index contributed by atoms with van der Waals surface area (Å²) < 4.78 is 0. The maximum atomic E-state index is 11.6. The van der Waals surface area contributed by atoms with E-state index in [1.54, 1.807) is 6.92 Å². The summed E-state index contributed by atoms with van der Waals surface area (Å²) in [7, 11) is 0. The van der Waals surface area contributed by atoms with E-state index in [2.05, 4.69) is 10.6 Å². The lowest BCUT2D eigenvalue weighted by molar-refractivity contribution is -0.143. The Kier molecular flexibility index (Phi) is 6.23.